The van der Waals surface area contributed by atoms with E-state index < -0.39 is 32.9 Å². The first-order chi connectivity index (χ1) is 12.9. The molecule has 0 bridgehead atoms. The Morgan fingerprint density at radius 3 is 2.59 bits per heavy atom. The van der Waals surface area contributed by atoms with Crippen molar-refractivity contribution < 1.29 is 22.0 Å². The second kappa shape index (κ2) is 6.94. The molecule has 2 aromatic carbocycles. The van der Waals surface area contributed by atoms with Gasteiger partial charge in [0.25, 0.3) is 0 Å². The maximum atomic E-state index is 14.4. The SMILES string of the molecule is CN1OCC(S(=O)(=O)N2CCc3ccccc3C2)C1c1cccc(F)c1F. The van der Waals surface area contributed by atoms with Gasteiger partial charge in [-0.3, -0.25) is 4.84 Å². The third kappa shape index (κ3) is 3.16. The van der Waals surface area contributed by atoms with Gasteiger partial charge in [-0.25, -0.2) is 17.2 Å². The molecule has 2 unspecified atom stereocenters. The third-order valence-corrected chi connectivity index (χ3v) is 7.52. The van der Waals surface area contributed by atoms with E-state index in [2.05, 4.69) is 0 Å². The number of hydroxylamine groups is 2. The van der Waals surface area contributed by atoms with Gasteiger partial charge in [0.05, 0.1) is 12.6 Å². The summed E-state index contributed by atoms with van der Waals surface area (Å²) in [5.41, 5.74) is 2.09. The Balaban J connectivity index is 1.68. The quantitative estimate of drug-likeness (QED) is 0.803. The zero-order valence-corrected chi connectivity index (χ0v) is 15.6. The van der Waals surface area contributed by atoms with Crippen LogP contribution >= 0.6 is 0 Å². The summed E-state index contributed by atoms with van der Waals surface area (Å²) in [7, 11) is -2.25. The van der Waals surface area contributed by atoms with Crippen LogP contribution in [-0.4, -0.2) is 43.2 Å². The molecule has 5 nitrogen and oxygen atoms in total. The molecule has 2 aromatic rings. The van der Waals surface area contributed by atoms with Gasteiger partial charge in [-0.05, 0) is 23.6 Å². The van der Waals surface area contributed by atoms with Crippen LogP contribution in [0.3, 0.4) is 0 Å². The van der Waals surface area contributed by atoms with E-state index in [1.54, 1.807) is 0 Å². The van der Waals surface area contributed by atoms with Crippen molar-refractivity contribution in [1.82, 2.24) is 9.37 Å². The number of hydrogen-bond acceptors (Lipinski definition) is 4. The van der Waals surface area contributed by atoms with Crippen LogP contribution in [0.5, 0.6) is 0 Å². The van der Waals surface area contributed by atoms with Crippen molar-refractivity contribution in [2.75, 3.05) is 20.2 Å². The molecule has 2 aliphatic rings. The van der Waals surface area contributed by atoms with Gasteiger partial charge in [-0.1, -0.05) is 36.4 Å². The first-order valence-electron chi connectivity index (χ1n) is 8.75. The second-order valence-corrected chi connectivity index (χ2v) is 9.02. The van der Waals surface area contributed by atoms with Gasteiger partial charge in [0, 0.05) is 25.7 Å². The Kier molecular flexibility index (Phi) is 4.75. The summed E-state index contributed by atoms with van der Waals surface area (Å²) >= 11 is 0. The number of fused-ring (bicyclic) bond motifs is 1. The number of nitrogens with zero attached hydrogens (tertiary/aromatic N) is 2. The molecule has 0 aliphatic carbocycles. The Morgan fingerprint density at radius 1 is 1.07 bits per heavy atom. The van der Waals surface area contributed by atoms with E-state index in [0.29, 0.717) is 13.0 Å². The first kappa shape index (κ1) is 18.5. The number of rotatable bonds is 3. The van der Waals surface area contributed by atoms with Crippen molar-refractivity contribution in [2.45, 2.75) is 24.3 Å². The van der Waals surface area contributed by atoms with Crippen LogP contribution in [0.25, 0.3) is 0 Å². The normalized spacial score (nSPS) is 24.1. The lowest BCUT2D eigenvalue weighted by Crippen LogP contribution is -2.44. The van der Waals surface area contributed by atoms with Crippen LogP contribution in [0, 0.1) is 11.6 Å². The molecule has 0 aromatic heterocycles. The average molecular weight is 394 g/mol. The summed E-state index contributed by atoms with van der Waals surface area (Å²) < 4.78 is 56.1. The smallest absolute Gasteiger partial charge is 0.221 e. The van der Waals surface area contributed by atoms with Crippen molar-refractivity contribution in [1.29, 1.82) is 0 Å². The minimum absolute atomic E-state index is 0.0130. The van der Waals surface area contributed by atoms with E-state index in [-0.39, 0.29) is 18.7 Å². The maximum Gasteiger partial charge on any atom is 0.221 e. The number of sulfonamides is 1. The minimum Gasteiger partial charge on any atom is -0.297 e. The van der Waals surface area contributed by atoms with E-state index in [1.807, 2.05) is 24.3 Å². The van der Waals surface area contributed by atoms with Crippen molar-refractivity contribution in [3.8, 4) is 0 Å². The lowest BCUT2D eigenvalue weighted by atomic mass is 10.0. The molecule has 8 heteroatoms. The molecular weight excluding hydrogens is 374 g/mol. The minimum atomic E-state index is -3.79. The van der Waals surface area contributed by atoms with Crippen molar-refractivity contribution in [3.05, 3.63) is 70.8 Å². The average Bonchev–Trinajstić information content (AvgIpc) is 3.05. The summed E-state index contributed by atoms with van der Waals surface area (Å²) in [4.78, 5) is 5.41. The highest BCUT2D eigenvalue weighted by molar-refractivity contribution is 7.89. The van der Waals surface area contributed by atoms with E-state index in [9.17, 15) is 17.2 Å². The van der Waals surface area contributed by atoms with Gasteiger partial charge in [-0.2, -0.15) is 9.37 Å². The fourth-order valence-corrected chi connectivity index (χ4v) is 5.79. The lowest BCUT2D eigenvalue weighted by molar-refractivity contribution is -0.111. The second-order valence-electron chi connectivity index (χ2n) is 6.87. The van der Waals surface area contributed by atoms with E-state index in [0.717, 1.165) is 17.2 Å². The van der Waals surface area contributed by atoms with E-state index >= 15 is 0 Å². The van der Waals surface area contributed by atoms with Crippen LogP contribution < -0.4 is 0 Å². The van der Waals surface area contributed by atoms with Gasteiger partial charge >= 0.3 is 0 Å². The molecule has 2 atom stereocenters. The molecule has 0 amide bonds. The van der Waals surface area contributed by atoms with Gasteiger partial charge in [0.1, 0.15) is 5.25 Å². The van der Waals surface area contributed by atoms with E-state index in [4.69, 9.17) is 4.84 Å². The molecule has 2 aliphatic heterocycles. The standard InChI is InChI=1S/C19H20F2N2O3S/c1-22-19(15-7-4-8-16(20)18(15)21)17(12-26-22)27(24,25)23-10-9-13-5-2-3-6-14(13)11-23/h2-8,17,19H,9-12H2,1H3. The predicted octanol–water partition coefficient (Wildman–Crippen LogP) is 2.64. The van der Waals surface area contributed by atoms with E-state index in [1.165, 1.54) is 28.5 Å². The summed E-state index contributed by atoms with van der Waals surface area (Å²) in [6, 6.07) is 10.6. The summed E-state index contributed by atoms with van der Waals surface area (Å²) in [6.07, 6.45) is 0.623. The molecule has 1 saturated heterocycles. The van der Waals surface area contributed by atoms with Gasteiger partial charge in [-0.15, -0.1) is 0 Å². The van der Waals surface area contributed by atoms with Crippen molar-refractivity contribution >= 4 is 10.0 Å². The summed E-state index contributed by atoms with van der Waals surface area (Å²) in [5.74, 6) is -2.04. The van der Waals surface area contributed by atoms with Crippen molar-refractivity contribution in [3.63, 3.8) is 0 Å². The van der Waals surface area contributed by atoms with Gasteiger partial charge in [0.2, 0.25) is 10.0 Å². The number of hydrogen-bond donors (Lipinski definition) is 0. The van der Waals surface area contributed by atoms with Crippen molar-refractivity contribution in [2.24, 2.45) is 0 Å². The molecule has 0 N–H and O–H groups in total. The fraction of sp³-hybridized carbons (Fsp3) is 0.368. The number of benzene rings is 2. The molecule has 0 spiro atoms. The summed E-state index contributed by atoms with van der Waals surface area (Å²) in [5, 5.41) is 0.293. The predicted molar refractivity (Wildman–Crippen MR) is 96.1 cm³/mol. The fourth-order valence-electron chi connectivity index (χ4n) is 3.87. The van der Waals surface area contributed by atoms with Crippen LogP contribution in [0.1, 0.15) is 22.7 Å². The Morgan fingerprint density at radius 2 is 1.81 bits per heavy atom. The molecule has 0 radical (unpaired) electrons. The topological polar surface area (TPSA) is 49.9 Å². The zero-order valence-electron chi connectivity index (χ0n) is 14.8. The largest absolute Gasteiger partial charge is 0.297 e. The van der Waals surface area contributed by atoms with Crippen LogP contribution in [0.4, 0.5) is 8.78 Å². The molecule has 4 rings (SSSR count). The molecular formula is C19H20F2N2O3S. The molecule has 1 fully saturated rings. The Hall–Kier alpha value is -1.87. The highest BCUT2D eigenvalue weighted by Gasteiger charge is 2.47. The zero-order chi connectivity index (χ0) is 19.2. The van der Waals surface area contributed by atoms with Gasteiger partial charge in [0.15, 0.2) is 11.6 Å². The van der Waals surface area contributed by atoms with Crippen LogP contribution in [-0.2, 0) is 27.8 Å². The summed E-state index contributed by atoms with van der Waals surface area (Å²) in [6.45, 7) is 0.534. The Labute approximate surface area is 157 Å². The molecule has 0 saturated carbocycles. The van der Waals surface area contributed by atoms with Gasteiger partial charge < -0.3 is 0 Å². The monoisotopic (exact) mass is 394 g/mol. The van der Waals surface area contributed by atoms with Crippen LogP contribution in [0.2, 0.25) is 0 Å². The Bertz CT molecular complexity index is 967. The highest BCUT2D eigenvalue weighted by atomic mass is 32.2. The number of halogens is 2. The lowest BCUT2D eigenvalue weighted by Gasteiger charge is -2.32. The molecule has 144 valence electrons. The first-order valence-corrected chi connectivity index (χ1v) is 10.3. The third-order valence-electron chi connectivity index (χ3n) is 5.32. The highest BCUT2D eigenvalue weighted by Crippen LogP contribution is 2.37. The molecule has 27 heavy (non-hydrogen) atoms. The van der Waals surface area contributed by atoms with Crippen LogP contribution in [0.15, 0.2) is 42.5 Å². The maximum absolute atomic E-state index is 14.4. The molecule has 2 heterocycles.